The Morgan fingerprint density at radius 1 is 1.50 bits per heavy atom. The van der Waals surface area contributed by atoms with Crippen molar-refractivity contribution in [2.45, 2.75) is 32.4 Å². The number of hydrogen-bond donors (Lipinski definition) is 1. The topological polar surface area (TPSA) is 83.7 Å². The Kier molecular flexibility index (Phi) is 4.34. The molecule has 108 valence electrons. The van der Waals surface area contributed by atoms with Crippen LogP contribution in [0.5, 0.6) is 0 Å². The van der Waals surface area contributed by atoms with Crippen molar-refractivity contribution in [3.8, 4) is 0 Å². The van der Waals surface area contributed by atoms with Gasteiger partial charge < -0.3 is 5.11 Å². The van der Waals surface area contributed by atoms with Gasteiger partial charge in [0, 0.05) is 18.2 Å². The molecule has 0 radical (unpaired) electrons. The lowest BCUT2D eigenvalue weighted by atomic mass is 9.92. The van der Waals surface area contributed by atoms with Crippen molar-refractivity contribution in [3.05, 3.63) is 39.9 Å². The zero-order valence-corrected chi connectivity index (χ0v) is 11.4. The molecule has 1 N–H and O–H groups in total. The molecule has 1 aliphatic heterocycles. The summed E-state index contributed by atoms with van der Waals surface area (Å²) in [4.78, 5) is 23.8. The normalized spacial score (nSPS) is 23.4. The van der Waals surface area contributed by atoms with Crippen LogP contribution in [0, 0.1) is 16.0 Å². The van der Waals surface area contributed by atoms with Gasteiger partial charge in [-0.2, -0.15) is 0 Å². The van der Waals surface area contributed by atoms with Crippen LogP contribution in [0.4, 0.5) is 5.69 Å². The summed E-state index contributed by atoms with van der Waals surface area (Å²) in [6.45, 7) is 3.00. The third kappa shape index (κ3) is 3.14. The van der Waals surface area contributed by atoms with Crippen LogP contribution in [0.25, 0.3) is 0 Å². The van der Waals surface area contributed by atoms with Gasteiger partial charge in [-0.1, -0.05) is 25.1 Å². The second-order valence-corrected chi connectivity index (χ2v) is 5.34. The van der Waals surface area contributed by atoms with Crippen LogP contribution < -0.4 is 0 Å². The molecule has 1 aliphatic rings. The zero-order chi connectivity index (χ0) is 14.7. The zero-order valence-electron chi connectivity index (χ0n) is 11.4. The third-order valence-electron chi connectivity index (χ3n) is 3.82. The Labute approximate surface area is 117 Å². The van der Waals surface area contributed by atoms with Gasteiger partial charge in [0.2, 0.25) is 0 Å². The number of nitro groups is 1. The van der Waals surface area contributed by atoms with E-state index in [0.717, 1.165) is 6.42 Å². The SMILES string of the molecule is CC1CCN(Cc2ccccc2[N+](=O)[O-])C(C(=O)O)C1. The van der Waals surface area contributed by atoms with E-state index in [-0.39, 0.29) is 5.69 Å². The molecule has 6 heteroatoms. The number of hydrogen-bond acceptors (Lipinski definition) is 4. The predicted molar refractivity (Wildman–Crippen MR) is 73.3 cm³/mol. The van der Waals surface area contributed by atoms with Crippen LogP contribution in [0.1, 0.15) is 25.3 Å². The molecule has 1 aromatic carbocycles. The van der Waals surface area contributed by atoms with Gasteiger partial charge in [0.15, 0.2) is 0 Å². The number of para-hydroxylation sites is 1. The minimum atomic E-state index is -0.852. The molecule has 1 heterocycles. The van der Waals surface area contributed by atoms with Crippen molar-refractivity contribution in [1.29, 1.82) is 0 Å². The van der Waals surface area contributed by atoms with E-state index in [1.807, 2.05) is 11.8 Å². The first-order chi connectivity index (χ1) is 9.49. The number of carboxylic acid groups (broad SMARTS) is 1. The van der Waals surface area contributed by atoms with Crippen LogP contribution in [0.2, 0.25) is 0 Å². The number of nitro benzene ring substituents is 1. The van der Waals surface area contributed by atoms with Gasteiger partial charge in [0.1, 0.15) is 6.04 Å². The number of carbonyl (C=O) groups is 1. The minimum Gasteiger partial charge on any atom is -0.480 e. The molecule has 0 bridgehead atoms. The van der Waals surface area contributed by atoms with Crippen molar-refractivity contribution >= 4 is 11.7 Å². The fourth-order valence-electron chi connectivity index (χ4n) is 2.68. The van der Waals surface area contributed by atoms with Gasteiger partial charge in [0.25, 0.3) is 5.69 Å². The quantitative estimate of drug-likeness (QED) is 0.674. The molecular formula is C14H18N2O4. The first-order valence-electron chi connectivity index (χ1n) is 6.68. The summed E-state index contributed by atoms with van der Waals surface area (Å²) in [7, 11) is 0. The lowest BCUT2D eigenvalue weighted by Crippen LogP contribution is -2.46. The summed E-state index contributed by atoms with van der Waals surface area (Å²) >= 11 is 0. The second-order valence-electron chi connectivity index (χ2n) is 5.34. The summed E-state index contributed by atoms with van der Waals surface area (Å²) in [6, 6.07) is 5.95. The number of carboxylic acids is 1. The van der Waals surface area contributed by atoms with E-state index in [4.69, 9.17) is 0 Å². The Morgan fingerprint density at radius 2 is 2.20 bits per heavy atom. The molecule has 0 amide bonds. The van der Waals surface area contributed by atoms with E-state index >= 15 is 0 Å². The Bertz CT molecular complexity index is 518. The van der Waals surface area contributed by atoms with E-state index in [9.17, 15) is 20.0 Å². The number of nitrogens with zero attached hydrogens (tertiary/aromatic N) is 2. The number of benzene rings is 1. The van der Waals surface area contributed by atoms with Gasteiger partial charge >= 0.3 is 5.97 Å². The monoisotopic (exact) mass is 278 g/mol. The Hall–Kier alpha value is -1.95. The van der Waals surface area contributed by atoms with Gasteiger partial charge in [-0.3, -0.25) is 19.8 Å². The molecule has 2 atom stereocenters. The first-order valence-corrected chi connectivity index (χ1v) is 6.68. The molecule has 1 saturated heterocycles. The molecule has 0 aromatic heterocycles. The molecule has 2 unspecified atom stereocenters. The molecule has 0 spiro atoms. The molecule has 20 heavy (non-hydrogen) atoms. The molecule has 0 aliphatic carbocycles. The summed E-state index contributed by atoms with van der Waals surface area (Å²) in [5, 5.41) is 20.3. The second kappa shape index (κ2) is 6.00. The fraction of sp³-hybridized carbons (Fsp3) is 0.500. The number of rotatable bonds is 4. The summed E-state index contributed by atoms with van der Waals surface area (Å²) < 4.78 is 0. The van der Waals surface area contributed by atoms with Crippen LogP contribution in [-0.4, -0.2) is 33.5 Å². The average Bonchev–Trinajstić information content (AvgIpc) is 2.41. The van der Waals surface area contributed by atoms with Gasteiger partial charge in [0.05, 0.1) is 4.92 Å². The van der Waals surface area contributed by atoms with Gasteiger partial charge in [-0.25, -0.2) is 0 Å². The highest BCUT2D eigenvalue weighted by Gasteiger charge is 2.32. The van der Waals surface area contributed by atoms with E-state index in [0.29, 0.717) is 31.0 Å². The highest BCUT2D eigenvalue weighted by molar-refractivity contribution is 5.73. The summed E-state index contributed by atoms with van der Waals surface area (Å²) in [6.07, 6.45) is 1.51. The van der Waals surface area contributed by atoms with Gasteiger partial charge in [-0.15, -0.1) is 0 Å². The first kappa shape index (κ1) is 14.5. The maximum atomic E-state index is 11.3. The van der Waals surface area contributed by atoms with E-state index in [1.54, 1.807) is 18.2 Å². The van der Waals surface area contributed by atoms with Crippen molar-refractivity contribution in [3.63, 3.8) is 0 Å². The molecule has 0 saturated carbocycles. The maximum absolute atomic E-state index is 11.3. The van der Waals surface area contributed by atoms with Crippen LogP contribution in [0.15, 0.2) is 24.3 Å². The highest BCUT2D eigenvalue weighted by atomic mass is 16.6. The van der Waals surface area contributed by atoms with Gasteiger partial charge in [-0.05, 0) is 25.3 Å². The molecular weight excluding hydrogens is 260 g/mol. The number of piperidine rings is 1. The van der Waals surface area contributed by atoms with Crippen molar-refractivity contribution in [2.75, 3.05) is 6.54 Å². The van der Waals surface area contributed by atoms with Crippen LogP contribution >= 0.6 is 0 Å². The lowest BCUT2D eigenvalue weighted by molar-refractivity contribution is -0.385. The Morgan fingerprint density at radius 3 is 2.85 bits per heavy atom. The smallest absolute Gasteiger partial charge is 0.320 e. The van der Waals surface area contributed by atoms with E-state index < -0.39 is 16.9 Å². The Balaban J connectivity index is 2.20. The lowest BCUT2D eigenvalue weighted by Gasteiger charge is -2.35. The largest absolute Gasteiger partial charge is 0.480 e. The highest BCUT2D eigenvalue weighted by Crippen LogP contribution is 2.27. The maximum Gasteiger partial charge on any atom is 0.320 e. The fourth-order valence-corrected chi connectivity index (χ4v) is 2.68. The molecule has 1 fully saturated rings. The van der Waals surface area contributed by atoms with Crippen LogP contribution in [-0.2, 0) is 11.3 Å². The van der Waals surface area contributed by atoms with Crippen molar-refractivity contribution in [1.82, 2.24) is 4.90 Å². The standard InChI is InChI=1S/C14H18N2O4/c1-10-6-7-15(13(8-10)14(17)18)9-11-4-2-3-5-12(11)16(19)20/h2-5,10,13H,6-9H2,1H3,(H,17,18). The molecule has 6 nitrogen and oxygen atoms in total. The summed E-state index contributed by atoms with van der Waals surface area (Å²) in [5.41, 5.74) is 0.619. The van der Waals surface area contributed by atoms with Crippen LogP contribution in [0.3, 0.4) is 0 Å². The van der Waals surface area contributed by atoms with Crippen molar-refractivity contribution < 1.29 is 14.8 Å². The van der Waals surface area contributed by atoms with E-state index in [1.165, 1.54) is 6.07 Å². The van der Waals surface area contributed by atoms with Crippen molar-refractivity contribution in [2.24, 2.45) is 5.92 Å². The molecule has 1 aromatic rings. The number of likely N-dealkylation sites (tertiary alicyclic amines) is 1. The van der Waals surface area contributed by atoms with E-state index in [2.05, 4.69) is 0 Å². The minimum absolute atomic E-state index is 0.0512. The average molecular weight is 278 g/mol. The summed E-state index contributed by atoms with van der Waals surface area (Å²) in [5.74, 6) is -0.478. The molecule has 2 rings (SSSR count). The predicted octanol–water partition coefficient (Wildman–Crippen LogP) is 2.28. The number of aliphatic carboxylic acids is 1. The third-order valence-corrected chi connectivity index (χ3v) is 3.82.